The van der Waals surface area contributed by atoms with Gasteiger partial charge in [0.1, 0.15) is 17.5 Å². The molecule has 146 valence electrons. The van der Waals surface area contributed by atoms with Gasteiger partial charge in [-0.1, -0.05) is 35.3 Å². The molecule has 0 saturated carbocycles. The number of methoxy groups -OCH3 is 2. The van der Waals surface area contributed by atoms with Crippen LogP contribution in [0, 0.1) is 3.95 Å². The molecule has 8 heteroatoms. The highest BCUT2D eigenvalue weighted by atomic mass is 32.2. The predicted octanol–water partition coefficient (Wildman–Crippen LogP) is 3.74. The van der Waals surface area contributed by atoms with E-state index in [1.165, 1.54) is 16.9 Å². The minimum Gasteiger partial charge on any atom is -0.497 e. The van der Waals surface area contributed by atoms with Gasteiger partial charge in [-0.3, -0.25) is 0 Å². The van der Waals surface area contributed by atoms with Crippen LogP contribution >= 0.6 is 35.3 Å². The third-order valence-electron chi connectivity index (χ3n) is 4.68. The lowest BCUT2D eigenvalue weighted by Gasteiger charge is -2.23. The van der Waals surface area contributed by atoms with Crippen LogP contribution in [0.4, 0.5) is 0 Å². The second-order valence-electron chi connectivity index (χ2n) is 6.75. The van der Waals surface area contributed by atoms with E-state index in [9.17, 15) is 0 Å². The maximum Gasteiger partial charge on any atom is 0.185 e. The number of thioether (sulfide) groups is 1. The van der Waals surface area contributed by atoms with Gasteiger partial charge in [0.15, 0.2) is 15.0 Å². The van der Waals surface area contributed by atoms with Crippen LogP contribution in [0.2, 0.25) is 0 Å². The highest BCUT2D eigenvalue weighted by Gasteiger charge is 2.33. The summed E-state index contributed by atoms with van der Waals surface area (Å²) in [6.07, 6.45) is 2.29. The second-order valence-corrected chi connectivity index (χ2v) is 9.59. The fourth-order valence-electron chi connectivity index (χ4n) is 3.41. The maximum atomic E-state index is 5.62. The summed E-state index contributed by atoms with van der Waals surface area (Å²) in [5, 5.41) is 4.73. The number of hydrogen-bond acceptors (Lipinski definition) is 6. The first-order chi connectivity index (χ1) is 13.0. The predicted molar refractivity (Wildman–Crippen MR) is 114 cm³/mol. The van der Waals surface area contributed by atoms with E-state index in [1.54, 1.807) is 37.3 Å². The second kappa shape index (κ2) is 9.23. The summed E-state index contributed by atoms with van der Waals surface area (Å²) in [5.74, 6) is 2.66. The van der Waals surface area contributed by atoms with Crippen molar-refractivity contribution < 1.29 is 14.4 Å². The average Bonchev–Trinajstić information content (AvgIpc) is 3.26. The van der Waals surface area contributed by atoms with Gasteiger partial charge >= 0.3 is 0 Å². The van der Waals surface area contributed by atoms with Crippen LogP contribution in [0.1, 0.15) is 31.4 Å². The number of rotatable bonds is 8. The first-order valence-electron chi connectivity index (χ1n) is 8.93. The number of hydrogen-bond donors (Lipinski definition) is 1. The van der Waals surface area contributed by atoms with Gasteiger partial charge in [-0.05, 0) is 37.3 Å². The van der Waals surface area contributed by atoms with Gasteiger partial charge in [0.2, 0.25) is 0 Å². The molecule has 0 spiro atoms. The van der Waals surface area contributed by atoms with Crippen LogP contribution in [-0.4, -0.2) is 36.3 Å². The van der Waals surface area contributed by atoms with Gasteiger partial charge in [-0.15, -0.1) is 5.10 Å². The summed E-state index contributed by atoms with van der Waals surface area (Å²) in [6.45, 7) is 7.85. The van der Waals surface area contributed by atoms with Gasteiger partial charge in [-0.25, -0.2) is 0 Å². The topological polar surface area (TPSA) is 40.7 Å². The van der Waals surface area contributed by atoms with Crippen LogP contribution < -0.4 is 14.4 Å². The molecule has 0 radical (unpaired) electrons. The molecule has 1 aliphatic heterocycles. The van der Waals surface area contributed by atoms with Crippen molar-refractivity contribution in [2.45, 2.75) is 36.8 Å². The Morgan fingerprint density at radius 2 is 2.26 bits per heavy atom. The first-order valence-corrected chi connectivity index (χ1v) is 11.1. The Morgan fingerprint density at radius 3 is 2.96 bits per heavy atom. The first kappa shape index (κ1) is 20.4. The van der Waals surface area contributed by atoms with Crippen molar-refractivity contribution in [2.75, 3.05) is 26.5 Å². The summed E-state index contributed by atoms with van der Waals surface area (Å²) in [4.78, 5) is 1.46. The molecule has 0 aliphatic carbocycles. The van der Waals surface area contributed by atoms with E-state index >= 15 is 0 Å². The molecule has 2 atom stereocenters. The molecule has 1 aromatic carbocycles. The van der Waals surface area contributed by atoms with Crippen molar-refractivity contribution in [1.82, 2.24) is 9.78 Å². The van der Waals surface area contributed by atoms with Crippen LogP contribution in [0.15, 0.2) is 34.7 Å². The number of benzene rings is 1. The number of aromatic nitrogens is 2. The smallest absolute Gasteiger partial charge is 0.185 e. The molecule has 5 nitrogen and oxygen atoms in total. The van der Waals surface area contributed by atoms with E-state index in [0.717, 1.165) is 50.8 Å². The van der Waals surface area contributed by atoms with E-state index in [1.807, 2.05) is 23.7 Å². The van der Waals surface area contributed by atoms with E-state index < -0.39 is 0 Å². The number of likely N-dealkylation sites (tertiary alicyclic amines) is 1. The van der Waals surface area contributed by atoms with Gasteiger partial charge < -0.3 is 14.4 Å². The number of quaternary nitrogens is 1. The summed E-state index contributed by atoms with van der Waals surface area (Å²) in [5.41, 5.74) is 2.34. The SMILES string of the molecule is C=C(C)CSc1nn(C[NH+]2CCC[C@H]2c2cc(OC)ccc2OC)c(=S)s1. The van der Waals surface area contributed by atoms with Gasteiger partial charge in [0.25, 0.3) is 0 Å². The fraction of sp³-hybridized carbons (Fsp3) is 0.474. The Hall–Kier alpha value is -1.35. The molecule has 0 bridgehead atoms. The van der Waals surface area contributed by atoms with E-state index in [-0.39, 0.29) is 0 Å². The minimum absolute atomic E-state index is 0.352. The molecule has 2 heterocycles. The summed E-state index contributed by atoms with van der Waals surface area (Å²) < 4.78 is 14.9. The lowest BCUT2D eigenvalue weighted by molar-refractivity contribution is -0.941. The summed E-state index contributed by atoms with van der Waals surface area (Å²) in [7, 11) is 3.42. The Labute approximate surface area is 174 Å². The highest BCUT2D eigenvalue weighted by molar-refractivity contribution is 8.01. The molecule has 0 amide bonds. The van der Waals surface area contributed by atoms with Crippen molar-refractivity contribution in [3.63, 3.8) is 0 Å². The largest absolute Gasteiger partial charge is 0.497 e. The zero-order valence-electron chi connectivity index (χ0n) is 16.0. The zero-order valence-corrected chi connectivity index (χ0v) is 18.4. The standard InChI is InChI=1S/C19H25N3O2S3/c1-13(2)11-26-18-20-22(19(25)27-18)12-21-9-5-6-16(21)15-10-14(23-3)7-8-17(15)24-4/h7-8,10,16H,1,5-6,9,11-12H2,2-4H3/p+1/t16-/m0/s1. The van der Waals surface area contributed by atoms with Crippen LogP contribution in [0.3, 0.4) is 0 Å². The van der Waals surface area contributed by atoms with Gasteiger partial charge in [-0.2, -0.15) is 4.68 Å². The van der Waals surface area contributed by atoms with E-state index in [0.29, 0.717) is 6.04 Å². The molecular formula is C19H26N3O2S3+. The average molecular weight is 425 g/mol. The highest BCUT2D eigenvalue weighted by Crippen LogP contribution is 2.32. The molecule has 1 N–H and O–H groups in total. The molecule has 3 rings (SSSR count). The van der Waals surface area contributed by atoms with Crippen molar-refractivity contribution >= 4 is 35.3 Å². The third kappa shape index (κ3) is 4.93. The van der Waals surface area contributed by atoms with Crippen LogP contribution in [0.5, 0.6) is 11.5 Å². The molecule has 1 unspecified atom stereocenters. The van der Waals surface area contributed by atoms with Gasteiger partial charge in [0.05, 0.1) is 26.3 Å². The summed E-state index contributed by atoms with van der Waals surface area (Å²) in [6, 6.07) is 6.39. The molecule has 2 aromatic rings. The number of nitrogens with zero attached hydrogens (tertiary/aromatic N) is 2. The maximum absolute atomic E-state index is 5.62. The number of nitrogens with one attached hydrogen (secondary N) is 1. The Balaban J connectivity index is 1.80. The zero-order chi connectivity index (χ0) is 19.4. The van der Waals surface area contributed by atoms with Crippen molar-refractivity contribution in [3.8, 4) is 11.5 Å². The lowest BCUT2D eigenvalue weighted by Crippen LogP contribution is -3.09. The molecule has 1 fully saturated rings. The van der Waals surface area contributed by atoms with Gasteiger partial charge in [0, 0.05) is 18.6 Å². The van der Waals surface area contributed by atoms with E-state index in [4.69, 9.17) is 26.8 Å². The minimum atomic E-state index is 0.352. The molecule has 1 saturated heterocycles. The molecule has 1 aromatic heterocycles. The monoisotopic (exact) mass is 424 g/mol. The Morgan fingerprint density at radius 1 is 1.44 bits per heavy atom. The van der Waals surface area contributed by atoms with Crippen LogP contribution in [-0.2, 0) is 6.67 Å². The summed E-state index contributed by atoms with van der Waals surface area (Å²) >= 11 is 8.84. The van der Waals surface area contributed by atoms with Crippen LogP contribution in [0.25, 0.3) is 0 Å². The number of ether oxygens (including phenoxy) is 2. The van der Waals surface area contributed by atoms with Crippen molar-refractivity contribution in [3.05, 3.63) is 39.9 Å². The fourth-order valence-corrected chi connectivity index (χ4v) is 5.59. The Kier molecular flexibility index (Phi) is 6.97. The molecular weight excluding hydrogens is 398 g/mol. The Bertz CT molecular complexity index is 862. The normalized spacial score (nSPS) is 19.2. The van der Waals surface area contributed by atoms with E-state index in [2.05, 4.69) is 12.6 Å². The van der Waals surface area contributed by atoms with Crippen molar-refractivity contribution in [1.29, 1.82) is 0 Å². The van der Waals surface area contributed by atoms with Crippen molar-refractivity contribution in [2.24, 2.45) is 0 Å². The quantitative estimate of drug-likeness (QED) is 0.397. The molecule has 27 heavy (non-hydrogen) atoms. The molecule has 1 aliphatic rings. The third-order valence-corrected chi connectivity index (χ3v) is 7.35. The lowest BCUT2D eigenvalue weighted by atomic mass is 10.0.